The summed E-state index contributed by atoms with van der Waals surface area (Å²) in [5, 5.41) is 0. The lowest BCUT2D eigenvalue weighted by Gasteiger charge is -2.30. The van der Waals surface area contributed by atoms with Crippen molar-refractivity contribution < 1.29 is 4.74 Å². The lowest BCUT2D eigenvalue weighted by molar-refractivity contribution is 0.0518. The van der Waals surface area contributed by atoms with Crippen molar-refractivity contribution >= 4 is 11.6 Å². The number of alkyl halides is 1. The molecular formula is C8H16ClNO. The van der Waals surface area contributed by atoms with Gasteiger partial charge in [-0.2, -0.15) is 0 Å². The molecule has 0 saturated carbocycles. The fraction of sp³-hybridized carbons (Fsp3) is 1.00. The minimum atomic E-state index is 0.180. The van der Waals surface area contributed by atoms with Crippen LogP contribution in [-0.4, -0.2) is 37.7 Å². The Kier molecular flexibility index (Phi) is 3.63. The lowest BCUT2D eigenvalue weighted by atomic mass is 10.00. The molecule has 1 aliphatic rings. The maximum atomic E-state index is 6.16. The molecule has 0 aromatic rings. The van der Waals surface area contributed by atoms with E-state index in [0.29, 0.717) is 5.92 Å². The normalized spacial score (nSPS) is 24.0. The van der Waals surface area contributed by atoms with Gasteiger partial charge in [-0.15, -0.1) is 11.6 Å². The first-order valence-corrected chi connectivity index (χ1v) is 4.53. The van der Waals surface area contributed by atoms with Crippen LogP contribution in [0.3, 0.4) is 0 Å². The van der Waals surface area contributed by atoms with Gasteiger partial charge < -0.3 is 4.74 Å². The van der Waals surface area contributed by atoms with Gasteiger partial charge in [-0.3, -0.25) is 4.90 Å². The molecule has 0 N–H and O–H groups in total. The molecule has 0 aromatic heterocycles. The molecule has 1 saturated heterocycles. The van der Waals surface area contributed by atoms with Gasteiger partial charge in [-0.25, -0.2) is 0 Å². The van der Waals surface area contributed by atoms with Gasteiger partial charge in [0, 0.05) is 13.2 Å². The molecule has 1 fully saturated rings. The summed E-state index contributed by atoms with van der Waals surface area (Å²) in [5.41, 5.74) is 0.180. The van der Waals surface area contributed by atoms with Gasteiger partial charge in [0.1, 0.15) is 0 Å². The number of halogens is 1. The molecule has 3 heteroatoms. The molecule has 66 valence electrons. The molecule has 0 radical (unpaired) electrons. The summed E-state index contributed by atoms with van der Waals surface area (Å²) < 4.78 is 5.25. The van der Waals surface area contributed by atoms with Gasteiger partial charge in [-0.05, 0) is 32.9 Å². The Bertz CT molecular complexity index is 113. The van der Waals surface area contributed by atoms with Crippen molar-refractivity contribution in [3.63, 3.8) is 0 Å². The van der Waals surface area contributed by atoms with Gasteiger partial charge in [0.2, 0.25) is 0 Å². The summed E-state index contributed by atoms with van der Waals surface area (Å²) in [6.45, 7) is 1.75. The molecule has 0 bridgehead atoms. The highest BCUT2D eigenvalue weighted by Crippen LogP contribution is 2.23. The maximum absolute atomic E-state index is 6.16. The van der Waals surface area contributed by atoms with E-state index in [1.807, 2.05) is 14.1 Å². The molecule has 1 aliphatic heterocycles. The standard InChI is InChI=1S/C8H16ClNO/c1-10(2)8(9)7-3-5-11-6-4-7/h7-8H,3-6H2,1-2H3. The summed E-state index contributed by atoms with van der Waals surface area (Å²) in [5.74, 6) is 0.611. The lowest BCUT2D eigenvalue weighted by Crippen LogP contribution is -2.33. The summed E-state index contributed by atoms with van der Waals surface area (Å²) in [6.07, 6.45) is 2.21. The number of rotatable bonds is 2. The Morgan fingerprint density at radius 2 is 1.91 bits per heavy atom. The van der Waals surface area contributed by atoms with Crippen LogP contribution in [0, 0.1) is 5.92 Å². The van der Waals surface area contributed by atoms with E-state index < -0.39 is 0 Å². The van der Waals surface area contributed by atoms with Crippen molar-refractivity contribution in [3.8, 4) is 0 Å². The molecule has 2 nitrogen and oxygen atoms in total. The van der Waals surface area contributed by atoms with E-state index in [0.717, 1.165) is 26.1 Å². The molecule has 0 spiro atoms. The fourth-order valence-corrected chi connectivity index (χ4v) is 1.66. The van der Waals surface area contributed by atoms with Gasteiger partial charge in [0.15, 0.2) is 0 Å². The highest BCUT2D eigenvalue weighted by molar-refractivity contribution is 6.20. The second kappa shape index (κ2) is 4.29. The SMILES string of the molecule is CN(C)C(Cl)C1CCOCC1. The summed E-state index contributed by atoms with van der Waals surface area (Å²) in [7, 11) is 4.04. The van der Waals surface area contributed by atoms with Crippen LogP contribution in [0.4, 0.5) is 0 Å². The van der Waals surface area contributed by atoms with E-state index in [1.54, 1.807) is 0 Å². The van der Waals surface area contributed by atoms with Crippen molar-refractivity contribution in [2.75, 3.05) is 27.3 Å². The average Bonchev–Trinajstić information content (AvgIpc) is 2.05. The van der Waals surface area contributed by atoms with Crippen molar-refractivity contribution in [1.29, 1.82) is 0 Å². The highest BCUT2D eigenvalue weighted by Gasteiger charge is 2.23. The van der Waals surface area contributed by atoms with Crippen LogP contribution in [0.25, 0.3) is 0 Å². The Labute approximate surface area is 73.5 Å². The summed E-state index contributed by atoms with van der Waals surface area (Å²) >= 11 is 6.16. The molecule has 0 aliphatic carbocycles. The zero-order valence-electron chi connectivity index (χ0n) is 7.22. The van der Waals surface area contributed by atoms with E-state index in [9.17, 15) is 0 Å². The van der Waals surface area contributed by atoms with Crippen molar-refractivity contribution in [2.45, 2.75) is 18.3 Å². The van der Waals surface area contributed by atoms with Crippen molar-refractivity contribution in [2.24, 2.45) is 5.92 Å². The monoisotopic (exact) mass is 177 g/mol. The van der Waals surface area contributed by atoms with E-state index in [4.69, 9.17) is 16.3 Å². The molecule has 1 atom stereocenters. The molecule has 1 unspecified atom stereocenters. The summed E-state index contributed by atoms with van der Waals surface area (Å²) in [6, 6.07) is 0. The highest BCUT2D eigenvalue weighted by atomic mass is 35.5. The number of hydrogen-bond acceptors (Lipinski definition) is 2. The van der Waals surface area contributed by atoms with Gasteiger partial charge >= 0.3 is 0 Å². The van der Waals surface area contributed by atoms with Crippen LogP contribution in [0.1, 0.15) is 12.8 Å². The number of nitrogens with zero attached hydrogens (tertiary/aromatic N) is 1. The van der Waals surface area contributed by atoms with E-state index >= 15 is 0 Å². The third-order valence-corrected chi connectivity index (χ3v) is 2.89. The second-order valence-corrected chi connectivity index (χ2v) is 3.73. The third kappa shape index (κ3) is 2.62. The third-order valence-electron chi connectivity index (χ3n) is 2.15. The van der Waals surface area contributed by atoms with Crippen LogP contribution in [0.5, 0.6) is 0 Å². The first-order chi connectivity index (χ1) is 5.22. The van der Waals surface area contributed by atoms with E-state index in [1.165, 1.54) is 0 Å². The van der Waals surface area contributed by atoms with Gasteiger partial charge in [0.05, 0.1) is 5.50 Å². The van der Waals surface area contributed by atoms with E-state index in [2.05, 4.69) is 4.90 Å². The van der Waals surface area contributed by atoms with Crippen LogP contribution < -0.4 is 0 Å². The molecule has 1 heterocycles. The van der Waals surface area contributed by atoms with Crippen LogP contribution >= 0.6 is 11.6 Å². The Morgan fingerprint density at radius 1 is 1.36 bits per heavy atom. The van der Waals surface area contributed by atoms with E-state index in [-0.39, 0.29) is 5.50 Å². The minimum absolute atomic E-state index is 0.180. The first kappa shape index (κ1) is 9.30. The predicted molar refractivity (Wildman–Crippen MR) is 46.9 cm³/mol. The maximum Gasteiger partial charge on any atom is 0.0875 e. The predicted octanol–water partition coefficient (Wildman–Crippen LogP) is 1.54. The molecule has 0 aromatic carbocycles. The number of hydrogen-bond donors (Lipinski definition) is 0. The molecule has 1 rings (SSSR count). The average molecular weight is 178 g/mol. The Hall–Kier alpha value is 0.210. The van der Waals surface area contributed by atoms with Crippen LogP contribution in [0.2, 0.25) is 0 Å². The number of ether oxygens (including phenoxy) is 1. The Balaban J connectivity index is 2.32. The largest absolute Gasteiger partial charge is 0.381 e. The van der Waals surface area contributed by atoms with Gasteiger partial charge in [-0.1, -0.05) is 0 Å². The van der Waals surface area contributed by atoms with Crippen LogP contribution in [-0.2, 0) is 4.74 Å². The van der Waals surface area contributed by atoms with Gasteiger partial charge in [0.25, 0.3) is 0 Å². The smallest absolute Gasteiger partial charge is 0.0875 e. The second-order valence-electron chi connectivity index (χ2n) is 3.29. The van der Waals surface area contributed by atoms with Crippen molar-refractivity contribution in [1.82, 2.24) is 4.90 Å². The fourth-order valence-electron chi connectivity index (χ4n) is 1.41. The Morgan fingerprint density at radius 3 is 2.36 bits per heavy atom. The van der Waals surface area contributed by atoms with Crippen molar-refractivity contribution in [3.05, 3.63) is 0 Å². The van der Waals surface area contributed by atoms with Crippen LogP contribution in [0.15, 0.2) is 0 Å². The quantitative estimate of drug-likeness (QED) is 0.469. The summed E-state index contributed by atoms with van der Waals surface area (Å²) in [4.78, 5) is 2.07. The molecule has 11 heavy (non-hydrogen) atoms. The first-order valence-electron chi connectivity index (χ1n) is 4.10. The zero-order valence-corrected chi connectivity index (χ0v) is 7.97. The molecule has 0 amide bonds. The minimum Gasteiger partial charge on any atom is -0.381 e. The molecular weight excluding hydrogens is 162 g/mol. The zero-order chi connectivity index (χ0) is 8.27. The topological polar surface area (TPSA) is 12.5 Å².